The Morgan fingerprint density at radius 2 is 2.50 bits per heavy atom. The average molecular weight is 233 g/mol. The summed E-state index contributed by atoms with van der Waals surface area (Å²) in [6.07, 6.45) is 2.11. The molecule has 66 valence electrons. The first-order valence-electron chi connectivity index (χ1n) is 3.46. The third kappa shape index (κ3) is 2.42. The smallest absolute Gasteiger partial charge is 0.265 e. The van der Waals surface area contributed by atoms with E-state index in [-0.39, 0.29) is 5.56 Å². The third-order valence-electron chi connectivity index (χ3n) is 1.35. The molecular weight excluding hydrogens is 224 g/mol. The molecule has 12 heavy (non-hydrogen) atoms. The molecule has 0 bridgehead atoms. The highest BCUT2D eigenvalue weighted by molar-refractivity contribution is 9.10. The van der Waals surface area contributed by atoms with Crippen LogP contribution in [0.15, 0.2) is 15.5 Å². The number of ether oxygens (including phenoxy) is 1. The van der Waals surface area contributed by atoms with Gasteiger partial charge in [-0.15, -0.1) is 0 Å². The highest BCUT2D eigenvalue weighted by atomic mass is 79.9. The maximum Gasteiger partial charge on any atom is 0.265 e. The Kier molecular flexibility index (Phi) is 3.43. The molecule has 0 fully saturated rings. The van der Waals surface area contributed by atoms with Crippen molar-refractivity contribution in [2.75, 3.05) is 13.7 Å². The number of H-pyrrole nitrogens is 1. The number of nitrogens with one attached hydrogen (secondary N) is 1. The van der Waals surface area contributed by atoms with E-state index in [2.05, 4.69) is 25.9 Å². The zero-order chi connectivity index (χ0) is 8.97. The normalized spacial score (nSPS) is 10.2. The summed E-state index contributed by atoms with van der Waals surface area (Å²) in [7, 11) is 1.61. The van der Waals surface area contributed by atoms with Crippen LogP contribution in [0.3, 0.4) is 0 Å². The average Bonchev–Trinajstić information content (AvgIpc) is 2.07. The minimum atomic E-state index is -0.156. The van der Waals surface area contributed by atoms with Crippen LogP contribution in [0.5, 0.6) is 0 Å². The van der Waals surface area contributed by atoms with Gasteiger partial charge in [0.25, 0.3) is 5.56 Å². The topological polar surface area (TPSA) is 55.0 Å². The van der Waals surface area contributed by atoms with Crippen LogP contribution in [0.1, 0.15) is 5.82 Å². The van der Waals surface area contributed by atoms with Gasteiger partial charge in [0.15, 0.2) is 0 Å². The molecule has 1 aromatic rings. The number of hydrogen-bond donors (Lipinski definition) is 1. The lowest BCUT2D eigenvalue weighted by Crippen LogP contribution is -2.12. The number of halogens is 1. The van der Waals surface area contributed by atoms with E-state index in [1.54, 1.807) is 7.11 Å². The van der Waals surface area contributed by atoms with Crippen LogP contribution < -0.4 is 5.56 Å². The van der Waals surface area contributed by atoms with Crippen LogP contribution >= 0.6 is 15.9 Å². The minimum absolute atomic E-state index is 0.156. The molecule has 0 radical (unpaired) electrons. The van der Waals surface area contributed by atoms with Gasteiger partial charge >= 0.3 is 0 Å². The lowest BCUT2D eigenvalue weighted by molar-refractivity contribution is 0.200. The second kappa shape index (κ2) is 4.37. The van der Waals surface area contributed by atoms with Crippen LogP contribution in [0.4, 0.5) is 0 Å². The number of rotatable bonds is 3. The minimum Gasteiger partial charge on any atom is -0.384 e. The molecule has 0 aliphatic carbocycles. The van der Waals surface area contributed by atoms with Gasteiger partial charge in [0, 0.05) is 19.7 Å². The molecule has 0 saturated heterocycles. The maximum absolute atomic E-state index is 11.0. The monoisotopic (exact) mass is 232 g/mol. The molecule has 0 atom stereocenters. The Balaban J connectivity index is 2.76. The van der Waals surface area contributed by atoms with E-state index in [4.69, 9.17) is 4.74 Å². The van der Waals surface area contributed by atoms with Crippen molar-refractivity contribution in [3.8, 4) is 0 Å². The van der Waals surface area contributed by atoms with E-state index in [0.717, 1.165) is 0 Å². The van der Waals surface area contributed by atoms with Gasteiger partial charge in [-0.1, -0.05) is 0 Å². The van der Waals surface area contributed by atoms with Gasteiger partial charge in [0.1, 0.15) is 10.3 Å². The molecule has 4 nitrogen and oxygen atoms in total. The molecule has 0 aliphatic rings. The van der Waals surface area contributed by atoms with Crippen molar-refractivity contribution in [1.82, 2.24) is 9.97 Å². The maximum atomic E-state index is 11.0. The highest BCUT2D eigenvalue weighted by Crippen LogP contribution is 1.98. The predicted octanol–water partition coefficient (Wildman–Crippen LogP) is 0.721. The Hall–Kier alpha value is -0.680. The van der Waals surface area contributed by atoms with Gasteiger partial charge in [-0.25, -0.2) is 4.98 Å². The second-order valence-corrected chi connectivity index (χ2v) is 3.10. The van der Waals surface area contributed by atoms with Gasteiger partial charge in [-0.05, 0) is 15.9 Å². The summed E-state index contributed by atoms with van der Waals surface area (Å²) in [4.78, 5) is 17.6. The van der Waals surface area contributed by atoms with E-state index < -0.39 is 0 Å². The van der Waals surface area contributed by atoms with Crippen molar-refractivity contribution in [3.63, 3.8) is 0 Å². The molecule has 0 aromatic carbocycles. The van der Waals surface area contributed by atoms with E-state index in [0.29, 0.717) is 23.3 Å². The molecule has 0 spiro atoms. The summed E-state index contributed by atoms with van der Waals surface area (Å²) < 4.78 is 5.29. The molecule has 1 N–H and O–H groups in total. The molecule has 0 saturated carbocycles. The van der Waals surface area contributed by atoms with Crippen molar-refractivity contribution in [2.24, 2.45) is 0 Å². The highest BCUT2D eigenvalue weighted by Gasteiger charge is 1.98. The van der Waals surface area contributed by atoms with Crippen LogP contribution in [0, 0.1) is 0 Å². The zero-order valence-corrected chi connectivity index (χ0v) is 8.22. The van der Waals surface area contributed by atoms with Crippen molar-refractivity contribution < 1.29 is 4.74 Å². The van der Waals surface area contributed by atoms with Crippen molar-refractivity contribution in [2.45, 2.75) is 6.42 Å². The summed E-state index contributed by atoms with van der Waals surface area (Å²) >= 11 is 3.06. The van der Waals surface area contributed by atoms with Gasteiger partial charge < -0.3 is 9.72 Å². The van der Waals surface area contributed by atoms with E-state index in [9.17, 15) is 4.79 Å². The molecule has 1 rings (SSSR count). The van der Waals surface area contributed by atoms with E-state index >= 15 is 0 Å². The van der Waals surface area contributed by atoms with Gasteiger partial charge in [-0.2, -0.15) is 0 Å². The fourth-order valence-electron chi connectivity index (χ4n) is 0.742. The molecule has 0 unspecified atom stereocenters. The van der Waals surface area contributed by atoms with Crippen molar-refractivity contribution >= 4 is 15.9 Å². The fraction of sp³-hybridized carbons (Fsp3) is 0.429. The third-order valence-corrected chi connectivity index (χ3v) is 1.92. The zero-order valence-electron chi connectivity index (χ0n) is 6.63. The summed E-state index contributed by atoms with van der Waals surface area (Å²) in [5.74, 6) is 0.644. The largest absolute Gasteiger partial charge is 0.384 e. The van der Waals surface area contributed by atoms with Crippen LogP contribution in [0.25, 0.3) is 0 Å². The Labute approximate surface area is 78.1 Å². The SMILES string of the molecule is COCCc1ncc(Br)c(=O)[nH]1. The number of hydrogen-bond acceptors (Lipinski definition) is 3. The van der Waals surface area contributed by atoms with Crippen LogP contribution in [-0.2, 0) is 11.2 Å². The van der Waals surface area contributed by atoms with Gasteiger partial charge in [-0.3, -0.25) is 4.79 Å². The molecule has 0 aliphatic heterocycles. The molecule has 1 heterocycles. The lowest BCUT2D eigenvalue weighted by atomic mass is 10.4. The fourth-order valence-corrected chi connectivity index (χ4v) is 0.944. The molecule has 5 heteroatoms. The van der Waals surface area contributed by atoms with Crippen LogP contribution in [0.2, 0.25) is 0 Å². The van der Waals surface area contributed by atoms with E-state index in [1.165, 1.54) is 6.20 Å². The van der Waals surface area contributed by atoms with E-state index in [1.807, 2.05) is 0 Å². The molecule has 0 amide bonds. The Morgan fingerprint density at radius 3 is 3.08 bits per heavy atom. The van der Waals surface area contributed by atoms with Crippen molar-refractivity contribution in [1.29, 1.82) is 0 Å². The lowest BCUT2D eigenvalue weighted by Gasteiger charge is -1.98. The predicted molar refractivity (Wildman–Crippen MR) is 48.1 cm³/mol. The standard InChI is InChI=1S/C7H9BrN2O2/c1-12-3-2-6-9-4-5(8)7(11)10-6/h4H,2-3H2,1H3,(H,9,10,11). The second-order valence-electron chi connectivity index (χ2n) is 2.25. The van der Waals surface area contributed by atoms with Gasteiger partial charge in [0.05, 0.1) is 6.61 Å². The Morgan fingerprint density at radius 1 is 1.75 bits per heavy atom. The number of methoxy groups -OCH3 is 1. The first kappa shape index (κ1) is 9.41. The molecule has 1 aromatic heterocycles. The summed E-state index contributed by atoms with van der Waals surface area (Å²) in [6.45, 7) is 0.560. The number of aromatic nitrogens is 2. The summed E-state index contributed by atoms with van der Waals surface area (Å²) in [6, 6.07) is 0. The summed E-state index contributed by atoms with van der Waals surface area (Å²) in [5.41, 5.74) is -0.156. The summed E-state index contributed by atoms with van der Waals surface area (Å²) in [5, 5.41) is 0. The van der Waals surface area contributed by atoms with Crippen LogP contribution in [-0.4, -0.2) is 23.7 Å². The number of nitrogens with zero attached hydrogens (tertiary/aromatic N) is 1. The first-order valence-corrected chi connectivity index (χ1v) is 4.26. The van der Waals surface area contributed by atoms with Crippen molar-refractivity contribution in [3.05, 3.63) is 26.8 Å². The Bertz CT molecular complexity index is 311. The first-order chi connectivity index (χ1) is 5.74. The quantitative estimate of drug-likeness (QED) is 0.836. The molecular formula is C7H9BrN2O2. The number of aromatic amines is 1. The van der Waals surface area contributed by atoms with Gasteiger partial charge in [0.2, 0.25) is 0 Å².